The van der Waals surface area contributed by atoms with E-state index in [1.165, 1.54) is 44.5 Å². The molecule has 6 rings (SSSR count). The molecular formula is C39H40Cl4Zr-2. The second-order valence-corrected chi connectivity index (χ2v) is 14.7. The Morgan fingerprint density at radius 3 is 1.86 bits per heavy atom. The van der Waals surface area contributed by atoms with Crippen LogP contribution in [0.3, 0.4) is 0 Å². The first-order valence-corrected chi connectivity index (χ1v) is 18.1. The largest absolute Gasteiger partial charge is 0.179 e. The summed E-state index contributed by atoms with van der Waals surface area (Å²) in [6.07, 6.45) is 8.00. The molecule has 0 bridgehead atoms. The van der Waals surface area contributed by atoms with Crippen LogP contribution < -0.4 is 0 Å². The minimum Gasteiger partial charge on any atom is -0.179 e. The van der Waals surface area contributed by atoms with Crippen LogP contribution in [0.2, 0.25) is 10.0 Å². The van der Waals surface area contributed by atoms with Gasteiger partial charge in [0.1, 0.15) is 0 Å². The SMILES string of the molecule is CCC1=[C-]C(C)C=C1C(C)(C)C.Cl.Cl.Clc1ccc([CH]=[Zr]=[CH]c2ccc(Cl)cc2)cc1.[c-]1cccc2c1Cc1ccccc1-2. The zero-order chi connectivity index (χ0) is 30.1. The van der Waals surface area contributed by atoms with Crippen molar-refractivity contribution in [1.82, 2.24) is 0 Å². The summed E-state index contributed by atoms with van der Waals surface area (Å²) in [5.74, 6) is 0.522. The third-order valence-electron chi connectivity index (χ3n) is 7.16. The van der Waals surface area contributed by atoms with Crippen molar-refractivity contribution in [1.29, 1.82) is 0 Å². The summed E-state index contributed by atoms with van der Waals surface area (Å²) >= 11 is 11.0. The molecule has 0 saturated heterocycles. The van der Waals surface area contributed by atoms with E-state index in [1.54, 1.807) is 0 Å². The van der Waals surface area contributed by atoms with Crippen LogP contribution >= 0.6 is 48.0 Å². The first kappa shape index (κ1) is 38.3. The molecule has 5 heteroatoms. The molecule has 0 saturated carbocycles. The maximum atomic E-state index is 5.84. The van der Waals surface area contributed by atoms with Crippen LogP contribution in [0.15, 0.2) is 108 Å². The fraction of sp³-hybridized carbons (Fsp3) is 0.231. The Kier molecular flexibility index (Phi) is 16.0. The molecular weight excluding hydrogens is 701 g/mol. The van der Waals surface area contributed by atoms with E-state index >= 15 is 0 Å². The van der Waals surface area contributed by atoms with Crippen molar-refractivity contribution < 1.29 is 22.3 Å². The van der Waals surface area contributed by atoms with E-state index in [1.807, 2.05) is 30.3 Å². The molecule has 0 amide bonds. The third-order valence-corrected chi connectivity index (χ3v) is 10.1. The number of fused-ring (bicyclic) bond motifs is 3. The van der Waals surface area contributed by atoms with Gasteiger partial charge in [-0.1, -0.05) is 87.8 Å². The van der Waals surface area contributed by atoms with Crippen LogP contribution in [0.5, 0.6) is 0 Å². The molecule has 2 aliphatic rings. The maximum Gasteiger partial charge on any atom is -0.0253 e. The van der Waals surface area contributed by atoms with Crippen molar-refractivity contribution >= 4 is 55.4 Å². The van der Waals surface area contributed by atoms with Crippen LogP contribution in [0.25, 0.3) is 11.1 Å². The normalized spacial score (nSPS) is 13.8. The fourth-order valence-electron chi connectivity index (χ4n) is 5.09. The van der Waals surface area contributed by atoms with Gasteiger partial charge >= 0.3 is 123 Å². The van der Waals surface area contributed by atoms with Gasteiger partial charge in [0.25, 0.3) is 0 Å². The van der Waals surface area contributed by atoms with E-state index in [2.05, 4.69) is 121 Å². The zero-order valence-corrected chi connectivity index (χ0v) is 31.6. The van der Waals surface area contributed by atoms with Gasteiger partial charge in [0.2, 0.25) is 0 Å². The molecule has 0 N–H and O–H groups in total. The number of hydrogen-bond acceptors (Lipinski definition) is 0. The van der Waals surface area contributed by atoms with Gasteiger partial charge in [0.15, 0.2) is 0 Å². The molecule has 0 aliphatic heterocycles. The smallest absolute Gasteiger partial charge is 0.0253 e. The van der Waals surface area contributed by atoms with Crippen molar-refractivity contribution in [3.8, 4) is 11.1 Å². The van der Waals surface area contributed by atoms with Gasteiger partial charge < -0.3 is 0 Å². The first-order valence-electron chi connectivity index (χ1n) is 14.5. The quantitative estimate of drug-likeness (QED) is 0.162. The predicted molar refractivity (Wildman–Crippen MR) is 195 cm³/mol. The maximum absolute atomic E-state index is 5.84. The zero-order valence-electron chi connectivity index (χ0n) is 26.0. The summed E-state index contributed by atoms with van der Waals surface area (Å²) in [5.41, 5.74) is 11.2. The molecule has 0 spiro atoms. The van der Waals surface area contributed by atoms with Crippen LogP contribution in [0.4, 0.5) is 0 Å². The van der Waals surface area contributed by atoms with E-state index in [-0.39, 0.29) is 24.8 Å². The van der Waals surface area contributed by atoms with Crippen molar-refractivity contribution in [2.24, 2.45) is 11.3 Å². The summed E-state index contributed by atoms with van der Waals surface area (Å²) in [6.45, 7) is 11.2. The van der Waals surface area contributed by atoms with Crippen LogP contribution in [-0.4, -0.2) is 7.42 Å². The molecule has 1 unspecified atom stereocenters. The number of rotatable bonds is 3. The summed E-state index contributed by atoms with van der Waals surface area (Å²) in [6, 6.07) is 34.0. The van der Waals surface area contributed by atoms with Gasteiger partial charge in [-0.3, -0.25) is 6.08 Å². The predicted octanol–water partition coefficient (Wildman–Crippen LogP) is 11.7. The number of halogens is 4. The summed E-state index contributed by atoms with van der Waals surface area (Å²) in [5, 5.41) is 1.57. The van der Waals surface area contributed by atoms with E-state index in [9.17, 15) is 0 Å². The van der Waals surface area contributed by atoms with Gasteiger partial charge in [-0.25, -0.2) is 5.57 Å². The summed E-state index contributed by atoms with van der Waals surface area (Å²) in [4.78, 5) is 0. The average molecular weight is 742 g/mol. The number of benzene rings is 4. The summed E-state index contributed by atoms with van der Waals surface area (Å²) < 4.78 is 4.66. The van der Waals surface area contributed by atoms with Gasteiger partial charge in [-0.15, -0.1) is 30.4 Å². The molecule has 4 aromatic carbocycles. The molecule has 0 radical (unpaired) electrons. The molecule has 0 nitrogen and oxygen atoms in total. The minimum absolute atomic E-state index is 0. The third kappa shape index (κ3) is 11.2. The molecule has 0 fully saturated rings. The van der Waals surface area contributed by atoms with E-state index in [4.69, 9.17) is 23.2 Å². The van der Waals surface area contributed by atoms with Crippen molar-refractivity contribution in [3.05, 3.63) is 153 Å². The topological polar surface area (TPSA) is 0 Å². The second kappa shape index (κ2) is 18.3. The minimum atomic E-state index is -0.623. The van der Waals surface area contributed by atoms with E-state index < -0.39 is 22.3 Å². The molecule has 1 atom stereocenters. The Morgan fingerprint density at radius 1 is 0.795 bits per heavy atom. The molecule has 230 valence electrons. The monoisotopic (exact) mass is 738 g/mol. The molecule has 4 aromatic rings. The Hall–Kier alpha value is -1.86. The van der Waals surface area contributed by atoms with Crippen molar-refractivity contribution in [2.45, 2.75) is 47.5 Å². The van der Waals surface area contributed by atoms with Crippen LogP contribution in [-0.2, 0) is 28.7 Å². The molecule has 0 heterocycles. The average Bonchev–Trinajstić information content (AvgIpc) is 3.56. The molecule has 0 aromatic heterocycles. The standard InChI is InChI=1S/C13H9.C12H19.2C7H5Cl.2ClH.Zr/c1-3-7-12-10(5-1)9-11-6-2-4-8-13(11)12;1-6-10-7-9(2)8-11(10)12(3,4)5;2*1-6-2-4-7(8)5-3-6;;;/h1-5,7-8H,9H2;8-9H,6H2,1-5H3;2*1-5H;2*1H;/q2*-1;;;;;. The Labute approximate surface area is 297 Å². The Morgan fingerprint density at radius 2 is 1.34 bits per heavy atom. The Bertz CT molecular complexity index is 1530. The van der Waals surface area contributed by atoms with Gasteiger partial charge in [-0.05, 0) is 6.42 Å². The fourth-order valence-corrected chi connectivity index (χ4v) is 7.44. The van der Waals surface area contributed by atoms with Crippen molar-refractivity contribution in [3.63, 3.8) is 0 Å². The number of hydrogen-bond donors (Lipinski definition) is 0. The second-order valence-electron chi connectivity index (χ2n) is 11.6. The van der Waals surface area contributed by atoms with E-state index in [0.717, 1.165) is 22.9 Å². The van der Waals surface area contributed by atoms with Gasteiger partial charge in [-0.2, -0.15) is 41.5 Å². The summed E-state index contributed by atoms with van der Waals surface area (Å²) in [7, 11) is 0. The van der Waals surface area contributed by atoms with Crippen LogP contribution in [0.1, 0.15) is 63.3 Å². The first-order chi connectivity index (χ1) is 20.1. The molecule has 2 aliphatic carbocycles. The number of allylic oxidation sites excluding steroid dienone is 4. The van der Waals surface area contributed by atoms with Gasteiger partial charge in [0, 0.05) is 0 Å². The van der Waals surface area contributed by atoms with E-state index in [0.29, 0.717) is 11.3 Å². The molecule has 44 heavy (non-hydrogen) atoms. The van der Waals surface area contributed by atoms with Crippen LogP contribution in [0, 0.1) is 23.5 Å². The van der Waals surface area contributed by atoms with Crippen molar-refractivity contribution in [2.75, 3.05) is 0 Å². The Balaban J connectivity index is 0.000000229. The van der Waals surface area contributed by atoms with Gasteiger partial charge in [0.05, 0.1) is 0 Å².